The van der Waals surface area contributed by atoms with Crippen LogP contribution >= 0.6 is 0 Å². The first-order chi connectivity index (χ1) is 11.1. The summed E-state index contributed by atoms with van der Waals surface area (Å²) in [6.07, 6.45) is 2.22. The van der Waals surface area contributed by atoms with Crippen molar-refractivity contribution in [1.29, 1.82) is 0 Å². The van der Waals surface area contributed by atoms with Gasteiger partial charge in [0.15, 0.2) is 0 Å². The number of rotatable bonds is 7. The number of hydrogen-bond acceptors (Lipinski definition) is 4. The van der Waals surface area contributed by atoms with Gasteiger partial charge in [-0.1, -0.05) is 43.7 Å². The summed E-state index contributed by atoms with van der Waals surface area (Å²) in [5, 5.41) is 2.90. The van der Waals surface area contributed by atoms with Crippen LogP contribution in [0.2, 0.25) is 0 Å². The first-order valence-corrected chi connectivity index (χ1v) is 7.99. The molecule has 0 unspecified atom stereocenters. The van der Waals surface area contributed by atoms with Gasteiger partial charge in [0.05, 0.1) is 0 Å². The second-order valence-electron chi connectivity index (χ2n) is 5.60. The Bertz CT molecular complexity index is 643. The van der Waals surface area contributed by atoms with Crippen LogP contribution in [-0.2, 0) is 6.54 Å². The van der Waals surface area contributed by atoms with Crippen LogP contribution in [0.25, 0.3) is 0 Å². The molecule has 2 rings (SSSR count). The molecule has 5 heteroatoms. The number of amides is 1. The Morgan fingerprint density at radius 3 is 2.65 bits per heavy atom. The van der Waals surface area contributed by atoms with E-state index in [4.69, 9.17) is 0 Å². The minimum absolute atomic E-state index is 0.176. The number of carbonyl (C=O) groups is 1. The number of nitrogens with one attached hydrogen (secondary N) is 1. The Kier molecular flexibility index (Phi) is 6.09. The van der Waals surface area contributed by atoms with Gasteiger partial charge in [0.1, 0.15) is 17.3 Å². The van der Waals surface area contributed by atoms with Crippen molar-refractivity contribution < 1.29 is 4.79 Å². The Morgan fingerprint density at radius 2 is 1.96 bits per heavy atom. The molecular formula is C18H24N4O. The summed E-state index contributed by atoms with van der Waals surface area (Å²) < 4.78 is 0. The Balaban J connectivity index is 2.06. The van der Waals surface area contributed by atoms with Crippen molar-refractivity contribution in [3.63, 3.8) is 0 Å². The zero-order chi connectivity index (χ0) is 16.7. The highest BCUT2D eigenvalue weighted by Gasteiger charge is 2.12. The van der Waals surface area contributed by atoms with E-state index in [1.165, 1.54) is 0 Å². The minimum Gasteiger partial charge on any atom is -0.360 e. The Labute approximate surface area is 137 Å². The van der Waals surface area contributed by atoms with Gasteiger partial charge in [-0.3, -0.25) is 4.79 Å². The fourth-order valence-corrected chi connectivity index (χ4v) is 2.24. The zero-order valence-corrected chi connectivity index (χ0v) is 14.0. The third-order valence-electron chi connectivity index (χ3n) is 3.59. The number of anilines is 1. The molecule has 0 atom stereocenters. The van der Waals surface area contributed by atoms with Crippen molar-refractivity contribution in [3.8, 4) is 0 Å². The average Bonchev–Trinajstić information content (AvgIpc) is 2.57. The number of unbranched alkanes of at least 4 members (excludes halogenated alkanes) is 1. The molecule has 1 amide bonds. The third-order valence-corrected chi connectivity index (χ3v) is 3.59. The van der Waals surface area contributed by atoms with Gasteiger partial charge >= 0.3 is 0 Å². The topological polar surface area (TPSA) is 58.1 Å². The summed E-state index contributed by atoms with van der Waals surface area (Å²) in [5.74, 6) is 1.22. The number of benzene rings is 1. The number of nitrogens with zero attached hydrogens (tertiary/aromatic N) is 3. The largest absolute Gasteiger partial charge is 0.360 e. The van der Waals surface area contributed by atoms with Gasteiger partial charge < -0.3 is 10.2 Å². The normalized spacial score (nSPS) is 10.4. The van der Waals surface area contributed by atoms with E-state index < -0.39 is 0 Å². The Hall–Kier alpha value is -2.43. The molecule has 1 aromatic heterocycles. The van der Waals surface area contributed by atoms with Crippen LogP contribution in [0.5, 0.6) is 0 Å². The lowest BCUT2D eigenvalue weighted by Gasteiger charge is -2.18. The van der Waals surface area contributed by atoms with Crippen molar-refractivity contribution >= 4 is 11.7 Å². The molecule has 0 bridgehead atoms. The van der Waals surface area contributed by atoms with Crippen LogP contribution in [0.4, 0.5) is 5.82 Å². The number of aromatic nitrogens is 2. The summed E-state index contributed by atoms with van der Waals surface area (Å²) in [7, 11) is 1.99. The van der Waals surface area contributed by atoms with E-state index >= 15 is 0 Å². The van der Waals surface area contributed by atoms with E-state index in [1.807, 2.05) is 44.3 Å². The van der Waals surface area contributed by atoms with Crippen LogP contribution in [0.1, 0.15) is 41.6 Å². The summed E-state index contributed by atoms with van der Waals surface area (Å²) in [6.45, 7) is 5.37. The molecule has 0 fully saturated rings. The summed E-state index contributed by atoms with van der Waals surface area (Å²) >= 11 is 0. The average molecular weight is 312 g/mol. The maximum atomic E-state index is 12.3. The van der Waals surface area contributed by atoms with Crippen LogP contribution in [0.3, 0.4) is 0 Å². The maximum Gasteiger partial charge on any atom is 0.270 e. The molecule has 122 valence electrons. The van der Waals surface area contributed by atoms with Gasteiger partial charge in [-0.15, -0.1) is 0 Å². The highest BCUT2D eigenvalue weighted by Crippen LogP contribution is 2.12. The molecular weight excluding hydrogens is 288 g/mol. The lowest BCUT2D eigenvalue weighted by atomic mass is 10.2. The van der Waals surface area contributed by atoms with Gasteiger partial charge in [-0.25, -0.2) is 9.97 Å². The van der Waals surface area contributed by atoms with Crippen molar-refractivity contribution in [2.75, 3.05) is 18.5 Å². The van der Waals surface area contributed by atoms with E-state index in [1.54, 1.807) is 6.07 Å². The van der Waals surface area contributed by atoms with Crippen LogP contribution < -0.4 is 10.2 Å². The number of aryl methyl sites for hydroxylation is 1. The molecule has 0 spiro atoms. The molecule has 1 N–H and O–H groups in total. The van der Waals surface area contributed by atoms with E-state index in [0.717, 1.165) is 30.8 Å². The van der Waals surface area contributed by atoms with Crippen molar-refractivity contribution in [1.82, 2.24) is 15.3 Å². The van der Waals surface area contributed by atoms with Gasteiger partial charge in [-0.05, 0) is 18.9 Å². The molecule has 0 saturated carbocycles. The first-order valence-electron chi connectivity index (χ1n) is 7.99. The maximum absolute atomic E-state index is 12.3. The number of hydrogen-bond donors (Lipinski definition) is 1. The first kappa shape index (κ1) is 16.9. The fourth-order valence-electron chi connectivity index (χ4n) is 2.24. The van der Waals surface area contributed by atoms with Gasteiger partial charge in [-0.2, -0.15) is 0 Å². The van der Waals surface area contributed by atoms with Gasteiger partial charge in [0.2, 0.25) is 0 Å². The second kappa shape index (κ2) is 8.27. The summed E-state index contributed by atoms with van der Waals surface area (Å²) in [6, 6.07) is 11.6. The lowest BCUT2D eigenvalue weighted by molar-refractivity contribution is 0.0945. The van der Waals surface area contributed by atoms with E-state index in [2.05, 4.69) is 27.1 Å². The molecule has 2 aromatic rings. The highest BCUT2D eigenvalue weighted by atomic mass is 16.1. The number of carbonyl (C=O) groups excluding carboxylic acids is 1. The summed E-state index contributed by atoms with van der Waals surface area (Å²) in [4.78, 5) is 23.1. The molecule has 0 radical (unpaired) electrons. The highest BCUT2D eigenvalue weighted by molar-refractivity contribution is 5.92. The molecule has 5 nitrogen and oxygen atoms in total. The SMILES string of the molecule is CCCCN(C)c1cc(C(=O)NCc2ccccc2)nc(C)n1. The van der Waals surface area contributed by atoms with Crippen LogP contribution in [0, 0.1) is 6.92 Å². The van der Waals surface area contributed by atoms with Crippen molar-refractivity contribution in [3.05, 3.63) is 53.5 Å². The smallest absolute Gasteiger partial charge is 0.270 e. The second-order valence-corrected chi connectivity index (χ2v) is 5.60. The van der Waals surface area contributed by atoms with Crippen molar-refractivity contribution in [2.45, 2.75) is 33.2 Å². The van der Waals surface area contributed by atoms with E-state index in [-0.39, 0.29) is 5.91 Å². The zero-order valence-electron chi connectivity index (χ0n) is 14.0. The fraction of sp³-hybridized carbons (Fsp3) is 0.389. The molecule has 0 aliphatic carbocycles. The molecule has 0 aliphatic heterocycles. The van der Waals surface area contributed by atoms with E-state index in [9.17, 15) is 4.79 Å². The van der Waals surface area contributed by atoms with Gasteiger partial charge in [0, 0.05) is 26.2 Å². The monoisotopic (exact) mass is 312 g/mol. The molecule has 0 aliphatic rings. The molecule has 23 heavy (non-hydrogen) atoms. The molecule has 1 heterocycles. The predicted octanol–water partition coefficient (Wildman–Crippen LogP) is 2.95. The molecule has 0 saturated heterocycles. The van der Waals surface area contributed by atoms with Crippen molar-refractivity contribution in [2.24, 2.45) is 0 Å². The van der Waals surface area contributed by atoms with Crippen LogP contribution in [-0.4, -0.2) is 29.5 Å². The quantitative estimate of drug-likeness (QED) is 0.854. The Morgan fingerprint density at radius 1 is 1.22 bits per heavy atom. The lowest BCUT2D eigenvalue weighted by Crippen LogP contribution is -2.26. The minimum atomic E-state index is -0.176. The van der Waals surface area contributed by atoms with Gasteiger partial charge in [0.25, 0.3) is 5.91 Å². The standard InChI is InChI=1S/C18H24N4O/c1-4-5-11-22(3)17-12-16(20-14(2)21-17)18(23)19-13-15-9-7-6-8-10-15/h6-10,12H,4-5,11,13H2,1-3H3,(H,19,23). The predicted molar refractivity (Wildman–Crippen MR) is 92.6 cm³/mol. The summed E-state index contributed by atoms with van der Waals surface area (Å²) in [5.41, 5.74) is 1.47. The van der Waals surface area contributed by atoms with Crippen LogP contribution in [0.15, 0.2) is 36.4 Å². The van der Waals surface area contributed by atoms with E-state index in [0.29, 0.717) is 18.1 Å². The third kappa shape index (κ3) is 5.06. The molecule has 1 aromatic carbocycles.